The van der Waals surface area contributed by atoms with Crippen molar-refractivity contribution in [2.45, 2.75) is 33.0 Å². The average Bonchev–Trinajstić information content (AvgIpc) is 2.86. The third-order valence-corrected chi connectivity index (χ3v) is 4.37. The zero-order valence-electron chi connectivity index (χ0n) is 10.7. The van der Waals surface area contributed by atoms with Crippen molar-refractivity contribution >= 4 is 27.3 Å². The van der Waals surface area contributed by atoms with Gasteiger partial charge >= 0.3 is 0 Å². The molecular weight excluding hydrogens is 326 g/mol. The summed E-state index contributed by atoms with van der Waals surface area (Å²) in [6, 6.07) is 5.59. The Hall–Kier alpha value is -0.910. The van der Waals surface area contributed by atoms with Gasteiger partial charge in [-0.25, -0.2) is 4.98 Å². The average molecular weight is 342 g/mol. The third kappa shape index (κ3) is 4.03. The highest BCUT2D eigenvalue weighted by Gasteiger charge is 2.04. The number of aryl methyl sites for hydroxylation is 1. The molecule has 19 heavy (non-hydrogen) atoms. The number of halogens is 1. The van der Waals surface area contributed by atoms with E-state index >= 15 is 0 Å². The second kappa shape index (κ2) is 7.03. The van der Waals surface area contributed by atoms with Crippen LogP contribution in [0.2, 0.25) is 0 Å². The van der Waals surface area contributed by atoms with E-state index in [0.717, 1.165) is 39.3 Å². The van der Waals surface area contributed by atoms with Crippen LogP contribution in [0.25, 0.3) is 0 Å². The first-order valence-corrected chi connectivity index (χ1v) is 7.85. The van der Waals surface area contributed by atoms with Crippen LogP contribution in [0.5, 0.6) is 5.75 Å². The minimum absolute atomic E-state index is 0.00483. The SMILES string of the molecule is CCCc1nc(COc2ccc(Br)c(CO)c2)cs1. The Morgan fingerprint density at radius 1 is 1.42 bits per heavy atom. The smallest absolute Gasteiger partial charge is 0.131 e. The summed E-state index contributed by atoms with van der Waals surface area (Å²) in [4.78, 5) is 4.51. The molecule has 0 saturated carbocycles. The lowest BCUT2D eigenvalue weighted by atomic mass is 10.2. The molecule has 1 aromatic heterocycles. The molecule has 5 heteroatoms. The van der Waals surface area contributed by atoms with Crippen LogP contribution >= 0.6 is 27.3 Å². The number of rotatable bonds is 6. The quantitative estimate of drug-likeness (QED) is 0.865. The number of aromatic nitrogens is 1. The highest BCUT2D eigenvalue weighted by atomic mass is 79.9. The summed E-state index contributed by atoms with van der Waals surface area (Å²) < 4.78 is 6.58. The molecule has 0 atom stereocenters. The minimum Gasteiger partial charge on any atom is -0.487 e. The van der Waals surface area contributed by atoms with Gasteiger partial charge in [0.15, 0.2) is 0 Å². The molecular formula is C14H16BrNO2S. The minimum atomic E-state index is -0.00483. The van der Waals surface area contributed by atoms with E-state index in [0.29, 0.717) is 6.61 Å². The van der Waals surface area contributed by atoms with Gasteiger partial charge in [0.1, 0.15) is 12.4 Å². The standard InChI is InChI=1S/C14H16BrNO2S/c1-2-3-14-16-11(9-19-14)8-18-12-4-5-13(15)10(6-12)7-17/h4-6,9,17H,2-3,7-8H2,1H3. The summed E-state index contributed by atoms with van der Waals surface area (Å²) in [5, 5.41) is 12.4. The maximum Gasteiger partial charge on any atom is 0.131 e. The summed E-state index contributed by atoms with van der Waals surface area (Å²) in [5.74, 6) is 0.747. The maximum atomic E-state index is 9.19. The molecule has 1 N–H and O–H groups in total. The molecule has 0 aliphatic carbocycles. The van der Waals surface area contributed by atoms with Crippen LogP contribution in [-0.2, 0) is 19.6 Å². The monoisotopic (exact) mass is 341 g/mol. The maximum absolute atomic E-state index is 9.19. The number of thiazole rings is 1. The molecule has 0 amide bonds. The van der Waals surface area contributed by atoms with E-state index in [-0.39, 0.29) is 6.61 Å². The lowest BCUT2D eigenvalue weighted by molar-refractivity contribution is 0.276. The highest BCUT2D eigenvalue weighted by Crippen LogP contribution is 2.23. The van der Waals surface area contributed by atoms with Gasteiger partial charge < -0.3 is 9.84 Å². The number of hydrogen-bond acceptors (Lipinski definition) is 4. The van der Waals surface area contributed by atoms with Crippen LogP contribution in [0.15, 0.2) is 28.1 Å². The third-order valence-electron chi connectivity index (χ3n) is 2.64. The van der Waals surface area contributed by atoms with Crippen molar-refractivity contribution in [3.05, 3.63) is 44.3 Å². The van der Waals surface area contributed by atoms with E-state index in [1.165, 1.54) is 0 Å². The number of ether oxygens (including phenoxy) is 1. The number of aliphatic hydroxyl groups is 1. The van der Waals surface area contributed by atoms with E-state index < -0.39 is 0 Å². The van der Waals surface area contributed by atoms with Gasteiger partial charge in [-0.1, -0.05) is 22.9 Å². The van der Waals surface area contributed by atoms with Crippen LogP contribution in [0, 0.1) is 0 Å². The van der Waals surface area contributed by atoms with Crippen LogP contribution < -0.4 is 4.74 Å². The van der Waals surface area contributed by atoms with E-state index in [4.69, 9.17) is 4.74 Å². The molecule has 0 unspecified atom stereocenters. The Balaban J connectivity index is 1.97. The van der Waals surface area contributed by atoms with Crippen molar-refractivity contribution in [3.8, 4) is 5.75 Å². The van der Waals surface area contributed by atoms with Crippen LogP contribution in [0.4, 0.5) is 0 Å². The largest absolute Gasteiger partial charge is 0.487 e. The van der Waals surface area contributed by atoms with Gasteiger partial charge in [0, 0.05) is 9.85 Å². The fourth-order valence-corrected chi connectivity index (χ4v) is 2.92. The summed E-state index contributed by atoms with van der Waals surface area (Å²) in [5.41, 5.74) is 1.78. The van der Waals surface area contributed by atoms with Crippen molar-refractivity contribution in [1.29, 1.82) is 0 Å². The van der Waals surface area contributed by atoms with Crippen LogP contribution in [0.3, 0.4) is 0 Å². The van der Waals surface area contributed by atoms with Crippen molar-refractivity contribution in [1.82, 2.24) is 4.98 Å². The molecule has 3 nitrogen and oxygen atoms in total. The molecule has 0 aliphatic heterocycles. The number of aliphatic hydroxyl groups excluding tert-OH is 1. The molecule has 0 radical (unpaired) electrons. The van der Waals surface area contributed by atoms with Gasteiger partial charge in [0.05, 0.1) is 17.3 Å². The summed E-state index contributed by atoms with van der Waals surface area (Å²) >= 11 is 5.06. The first-order chi connectivity index (χ1) is 9.22. The Morgan fingerprint density at radius 2 is 2.26 bits per heavy atom. The second-order valence-electron chi connectivity index (χ2n) is 4.18. The Bertz CT molecular complexity index is 542. The zero-order chi connectivity index (χ0) is 13.7. The van der Waals surface area contributed by atoms with Crippen molar-refractivity contribution in [3.63, 3.8) is 0 Å². The number of nitrogens with zero attached hydrogens (tertiary/aromatic N) is 1. The molecule has 1 heterocycles. The Morgan fingerprint density at radius 3 is 3.00 bits per heavy atom. The summed E-state index contributed by atoms with van der Waals surface area (Å²) in [6.45, 7) is 2.61. The predicted octanol–water partition coefficient (Wildman–Crippen LogP) is 3.93. The Labute approximate surface area is 125 Å². The zero-order valence-corrected chi connectivity index (χ0v) is 13.1. The molecule has 0 spiro atoms. The van der Waals surface area contributed by atoms with Crippen LogP contribution in [0.1, 0.15) is 29.6 Å². The molecule has 102 valence electrons. The summed E-state index contributed by atoms with van der Waals surface area (Å²) in [6.07, 6.45) is 2.14. The van der Waals surface area contributed by atoms with Gasteiger partial charge in [-0.2, -0.15) is 0 Å². The first kappa shape index (κ1) is 14.5. The fourth-order valence-electron chi connectivity index (χ4n) is 1.66. The molecule has 0 fully saturated rings. The van der Waals surface area contributed by atoms with E-state index in [1.54, 1.807) is 11.3 Å². The van der Waals surface area contributed by atoms with Crippen molar-refractivity contribution < 1.29 is 9.84 Å². The van der Waals surface area contributed by atoms with Gasteiger partial charge in [-0.05, 0) is 36.6 Å². The summed E-state index contributed by atoms with van der Waals surface area (Å²) in [7, 11) is 0. The topological polar surface area (TPSA) is 42.4 Å². The number of hydrogen-bond donors (Lipinski definition) is 1. The lowest BCUT2D eigenvalue weighted by Crippen LogP contribution is -1.97. The molecule has 0 aliphatic rings. The Kier molecular flexibility index (Phi) is 5.36. The van der Waals surface area contributed by atoms with E-state index in [1.807, 2.05) is 23.6 Å². The van der Waals surface area contributed by atoms with Crippen molar-refractivity contribution in [2.75, 3.05) is 0 Å². The number of benzene rings is 1. The van der Waals surface area contributed by atoms with Gasteiger partial charge in [0.25, 0.3) is 0 Å². The first-order valence-electron chi connectivity index (χ1n) is 6.18. The lowest BCUT2D eigenvalue weighted by Gasteiger charge is -2.07. The van der Waals surface area contributed by atoms with Gasteiger partial charge in [-0.3, -0.25) is 0 Å². The molecule has 2 aromatic rings. The molecule has 1 aromatic carbocycles. The van der Waals surface area contributed by atoms with E-state index in [9.17, 15) is 5.11 Å². The van der Waals surface area contributed by atoms with Gasteiger partial charge in [0.2, 0.25) is 0 Å². The fraction of sp³-hybridized carbons (Fsp3) is 0.357. The van der Waals surface area contributed by atoms with Crippen molar-refractivity contribution in [2.24, 2.45) is 0 Å². The van der Waals surface area contributed by atoms with Gasteiger partial charge in [-0.15, -0.1) is 11.3 Å². The van der Waals surface area contributed by atoms with Crippen LogP contribution in [-0.4, -0.2) is 10.1 Å². The van der Waals surface area contributed by atoms with E-state index in [2.05, 4.69) is 27.8 Å². The highest BCUT2D eigenvalue weighted by molar-refractivity contribution is 9.10. The molecule has 0 bridgehead atoms. The molecule has 0 saturated heterocycles. The predicted molar refractivity (Wildman–Crippen MR) is 80.5 cm³/mol. The second-order valence-corrected chi connectivity index (χ2v) is 5.98. The molecule has 2 rings (SSSR count). The normalized spacial score (nSPS) is 10.7.